The Bertz CT molecular complexity index is 1210. The number of benzene rings is 2. The Morgan fingerprint density at radius 2 is 1.88 bits per heavy atom. The molecule has 0 spiro atoms. The lowest BCUT2D eigenvalue weighted by Gasteiger charge is -2.30. The number of hydrogen-bond acceptors (Lipinski definition) is 6. The number of nitrogens with zero attached hydrogens (tertiary/aromatic N) is 3. The number of aromatic nitrogens is 2. The Hall–Kier alpha value is -3.04. The van der Waals surface area contributed by atoms with Crippen LogP contribution in [0, 0.1) is 19.8 Å². The number of aryl methyl sites for hydroxylation is 2. The summed E-state index contributed by atoms with van der Waals surface area (Å²) in [6.45, 7) is 4.77. The van der Waals surface area contributed by atoms with Gasteiger partial charge < -0.3 is 9.84 Å². The molecule has 0 saturated carbocycles. The van der Waals surface area contributed by atoms with E-state index in [0.29, 0.717) is 49.8 Å². The Morgan fingerprint density at radius 3 is 2.56 bits per heavy atom. The molecule has 4 rings (SSSR count). The van der Waals surface area contributed by atoms with E-state index in [1.165, 1.54) is 4.31 Å². The average Bonchev–Trinajstić information content (AvgIpc) is 3.24. The first-order valence-electron chi connectivity index (χ1n) is 10.6. The lowest BCUT2D eigenvalue weighted by molar-refractivity contribution is -0.126. The summed E-state index contributed by atoms with van der Waals surface area (Å²) < 4.78 is 32.7. The summed E-state index contributed by atoms with van der Waals surface area (Å²) in [4.78, 5) is 16.9. The molecule has 8 nitrogen and oxygen atoms in total. The van der Waals surface area contributed by atoms with Crippen LogP contribution in [-0.2, 0) is 21.4 Å². The van der Waals surface area contributed by atoms with Gasteiger partial charge in [-0.25, -0.2) is 8.42 Å². The van der Waals surface area contributed by atoms with Crippen LogP contribution in [0.5, 0.6) is 0 Å². The first-order valence-corrected chi connectivity index (χ1v) is 12.0. The molecule has 1 aliphatic heterocycles. The highest BCUT2D eigenvalue weighted by Gasteiger charge is 2.32. The molecule has 0 atom stereocenters. The van der Waals surface area contributed by atoms with Gasteiger partial charge in [0.25, 0.3) is 0 Å². The fourth-order valence-corrected chi connectivity index (χ4v) is 5.39. The first kappa shape index (κ1) is 22.2. The number of rotatable bonds is 6. The lowest BCUT2D eigenvalue weighted by Crippen LogP contribution is -2.42. The highest BCUT2D eigenvalue weighted by atomic mass is 32.2. The second-order valence-electron chi connectivity index (χ2n) is 8.05. The van der Waals surface area contributed by atoms with Gasteiger partial charge >= 0.3 is 0 Å². The van der Waals surface area contributed by atoms with Crippen molar-refractivity contribution in [1.82, 2.24) is 19.8 Å². The third-order valence-electron chi connectivity index (χ3n) is 5.63. The molecule has 1 aliphatic rings. The minimum Gasteiger partial charge on any atom is -0.352 e. The van der Waals surface area contributed by atoms with Gasteiger partial charge in [0.1, 0.15) is 0 Å². The van der Waals surface area contributed by atoms with E-state index >= 15 is 0 Å². The maximum Gasteiger partial charge on any atom is 0.243 e. The molecule has 0 aliphatic carbocycles. The summed E-state index contributed by atoms with van der Waals surface area (Å²) in [5, 5.41) is 6.84. The zero-order chi connectivity index (χ0) is 22.7. The van der Waals surface area contributed by atoms with Gasteiger partial charge in [-0.3, -0.25) is 4.79 Å². The van der Waals surface area contributed by atoms with Crippen LogP contribution >= 0.6 is 0 Å². The van der Waals surface area contributed by atoms with E-state index in [4.69, 9.17) is 4.52 Å². The van der Waals surface area contributed by atoms with Crippen LogP contribution < -0.4 is 5.32 Å². The van der Waals surface area contributed by atoms with Gasteiger partial charge in [-0.15, -0.1) is 0 Å². The van der Waals surface area contributed by atoms with Crippen LogP contribution in [-0.4, -0.2) is 41.9 Å². The van der Waals surface area contributed by atoms with Gasteiger partial charge in [0.2, 0.25) is 27.6 Å². The Morgan fingerprint density at radius 1 is 1.12 bits per heavy atom. The predicted octanol–water partition coefficient (Wildman–Crippen LogP) is 3.07. The standard InChI is InChI=1S/C23H26N4O4S/c1-16-5-3-6-18(13-16)15-24-23(28)19-9-11-27(12-10-19)32(29,30)21-8-4-7-20(14-21)22-25-17(2)31-26-22/h3-8,13-14,19H,9-12,15H2,1-2H3,(H,24,28). The van der Waals surface area contributed by atoms with E-state index in [9.17, 15) is 13.2 Å². The van der Waals surface area contributed by atoms with Crippen LogP contribution in [0.3, 0.4) is 0 Å². The number of carbonyl (C=O) groups is 1. The fraction of sp³-hybridized carbons (Fsp3) is 0.348. The molecule has 32 heavy (non-hydrogen) atoms. The minimum atomic E-state index is -3.68. The molecule has 1 N–H and O–H groups in total. The van der Waals surface area contributed by atoms with Crippen molar-refractivity contribution in [3.05, 3.63) is 65.5 Å². The zero-order valence-corrected chi connectivity index (χ0v) is 18.9. The highest BCUT2D eigenvalue weighted by molar-refractivity contribution is 7.89. The number of hydrogen-bond donors (Lipinski definition) is 1. The van der Waals surface area contributed by atoms with Crippen molar-refractivity contribution >= 4 is 15.9 Å². The largest absolute Gasteiger partial charge is 0.352 e. The molecular formula is C23H26N4O4S. The highest BCUT2D eigenvalue weighted by Crippen LogP contribution is 2.26. The van der Waals surface area contributed by atoms with Gasteiger partial charge in [0.05, 0.1) is 4.90 Å². The third-order valence-corrected chi connectivity index (χ3v) is 7.53. The molecule has 1 aromatic heterocycles. The molecule has 0 bridgehead atoms. The van der Waals surface area contributed by atoms with E-state index in [2.05, 4.69) is 15.5 Å². The van der Waals surface area contributed by atoms with Crippen molar-refractivity contribution in [3.8, 4) is 11.4 Å². The van der Waals surface area contributed by atoms with Crippen molar-refractivity contribution < 1.29 is 17.7 Å². The lowest BCUT2D eigenvalue weighted by atomic mass is 9.97. The van der Waals surface area contributed by atoms with Crippen LogP contribution in [0.2, 0.25) is 0 Å². The summed E-state index contributed by atoms with van der Waals surface area (Å²) in [7, 11) is -3.68. The van der Waals surface area contributed by atoms with Crippen molar-refractivity contribution in [1.29, 1.82) is 0 Å². The monoisotopic (exact) mass is 454 g/mol. The summed E-state index contributed by atoms with van der Waals surface area (Å²) in [6, 6.07) is 14.5. The van der Waals surface area contributed by atoms with E-state index in [1.807, 2.05) is 31.2 Å². The van der Waals surface area contributed by atoms with Gasteiger partial charge in [-0.05, 0) is 37.5 Å². The van der Waals surface area contributed by atoms with E-state index in [-0.39, 0.29) is 16.7 Å². The van der Waals surface area contributed by atoms with E-state index < -0.39 is 10.0 Å². The predicted molar refractivity (Wildman–Crippen MR) is 119 cm³/mol. The van der Waals surface area contributed by atoms with Crippen LogP contribution in [0.4, 0.5) is 0 Å². The summed E-state index contributed by atoms with van der Waals surface area (Å²) >= 11 is 0. The van der Waals surface area contributed by atoms with E-state index in [0.717, 1.165) is 11.1 Å². The maximum absolute atomic E-state index is 13.2. The number of nitrogens with one attached hydrogen (secondary N) is 1. The van der Waals surface area contributed by atoms with Crippen LogP contribution in [0.25, 0.3) is 11.4 Å². The average molecular weight is 455 g/mol. The summed E-state index contributed by atoms with van der Waals surface area (Å²) in [5.74, 6) is 0.539. The Balaban J connectivity index is 1.37. The van der Waals surface area contributed by atoms with Gasteiger partial charge in [0.15, 0.2) is 0 Å². The topological polar surface area (TPSA) is 105 Å². The normalized spacial score (nSPS) is 15.6. The molecule has 168 valence electrons. The molecular weight excluding hydrogens is 428 g/mol. The molecule has 1 saturated heterocycles. The number of carbonyl (C=O) groups excluding carboxylic acids is 1. The molecule has 1 amide bonds. The zero-order valence-electron chi connectivity index (χ0n) is 18.1. The minimum absolute atomic E-state index is 0.0296. The molecule has 1 fully saturated rings. The van der Waals surface area contributed by atoms with Crippen molar-refractivity contribution in [3.63, 3.8) is 0 Å². The molecule has 0 radical (unpaired) electrons. The summed E-state index contributed by atoms with van der Waals surface area (Å²) in [5.41, 5.74) is 2.78. The fourth-order valence-electron chi connectivity index (χ4n) is 3.88. The Labute approximate surface area is 187 Å². The first-order chi connectivity index (χ1) is 15.3. The molecule has 2 aromatic carbocycles. The number of sulfonamides is 1. The van der Waals surface area contributed by atoms with Crippen LogP contribution in [0.15, 0.2) is 57.9 Å². The van der Waals surface area contributed by atoms with Crippen molar-refractivity contribution in [2.45, 2.75) is 38.1 Å². The van der Waals surface area contributed by atoms with Crippen LogP contribution in [0.1, 0.15) is 29.9 Å². The summed E-state index contributed by atoms with van der Waals surface area (Å²) in [6.07, 6.45) is 0.977. The van der Waals surface area contributed by atoms with Crippen molar-refractivity contribution in [2.75, 3.05) is 13.1 Å². The second kappa shape index (κ2) is 9.22. The molecule has 0 unspecified atom stereocenters. The SMILES string of the molecule is Cc1cccc(CNC(=O)C2CCN(S(=O)(=O)c3cccc(-c4noc(C)n4)c3)CC2)c1. The third kappa shape index (κ3) is 4.89. The Kier molecular flexibility index (Phi) is 6.38. The van der Waals surface area contributed by atoms with Crippen molar-refractivity contribution in [2.24, 2.45) is 5.92 Å². The van der Waals surface area contributed by atoms with E-state index in [1.54, 1.807) is 31.2 Å². The second-order valence-corrected chi connectivity index (χ2v) is 9.99. The van der Waals surface area contributed by atoms with Gasteiger partial charge in [0, 0.05) is 38.0 Å². The number of amides is 1. The molecule has 2 heterocycles. The quantitative estimate of drug-likeness (QED) is 0.614. The molecule has 3 aromatic rings. The number of piperidine rings is 1. The maximum atomic E-state index is 13.2. The van der Waals surface area contributed by atoms with Gasteiger partial charge in [-0.1, -0.05) is 47.1 Å². The van der Waals surface area contributed by atoms with Gasteiger partial charge in [-0.2, -0.15) is 9.29 Å². The molecule has 9 heteroatoms. The smallest absolute Gasteiger partial charge is 0.243 e.